The molecule has 172 valence electrons. The molecule has 2 heterocycles. The number of cyclic esters (lactones) is 1. The molecule has 0 radical (unpaired) electrons. The van der Waals surface area contributed by atoms with Gasteiger partial charge in [0.15, 0.2) is 11.4 Å². The van der Waals surface area contributed by atoms with Gasteiger partial charge in [0.1, 0.15) is 6.10 Å². The summed E-state index contributed by atoms with van der Waals surface area (Å²) in [6, 6.07) is 10.0. The minimum absolute atomic E-state index is 0.261. The maximum Gasteiger partial charge on any atom is 0.334 e. The second kappa shape index (κ2) is 9.85. The summed E-state index contributed by atoms with van der Waals surface area (Å²) < 4.78 is 24.0. The van der Waals surface area contributed by atoms with E-state index in [1.165, 1.54) is 0 Å². The Morgan fingerprint density at radius 1 is 1.13 bits per heavy atom. The summed E-state index contributed by atoms with van der Waals surface area (Å²) in [4.78, 5) is 12.9. The van der Waals surface area contributed by atoms with Crippen LogP contribution in [0.5, 0.6) is 0 Å². The molecule has 2 fully saturated rings. The van der Waals surface area contributed by atoms with Gasteiger partial charge in [-0.3, -0.25) is 0 Å². The molecule has 2 aliphatic heterocycles. The van der Waals surface area contributed by atoms with Gasteiger partial charge in [0, 0.05) is 12.0 Å². The number of hydrogen-bond acceptors (Lipinski definition) is 5. The Hall–Kier alpha value is -1.69. The number of ether oxygens (including phenoxy) is 4. The smallest absolute Gasteiger partial charge is 0.334 e. The molecule has 0 N–H and O–H groups in total. The van der Waals surface area contributed by atoms with Crippen LogP contribution < -0.4 is 0 Å². The second-order valence-electron chi connectivity index (χ2n) is 10.0. The molecule has 3 rings (SSSR count). The van der Waals surface area contributed by atoms with Crippen molar-refractivity contribution in [3.05, 3.63) is 47.5 Å². The average molecular weight is 431 g/mol. The Kier molecular flexibility index (Phi) is 7.61. The number of benzene rings is 1. The molecule has 2 atom stereocenters. The van der Waals surface area contributed by atoms with E-state index in [4.69, 9.17) is 18.9 Å². The van der Waals surface area contributed by atoms with Gasteiger partial charge in [-0.25, -0.2) is 4.79 Å². The summed E-state index contributed by atoms with van der Waals surface area (Å²) in [5.74, 6) is 0.676. The quantitative estimate of drug-likeness (QED) is 0.394. The van der Waals surface area contributed by atoms with E-state index in [1.807, 2.05) is 44.2 Å². The van der Waals surface area contributed by atoms with Gasteiger partial charge in [-0.15, -0.1) is 0 Å². The predicted molar refractivity (Wildman–Crippen MR) is 120 cm³/mol. The van der Waals surface area contributed by atoms with E-state index >= 15 is 0 Å². The summed E-state index contributed by atoms with van der Waals surface area (Å²) >= 11 is 0. The first-order valence-electron chi connectivity index (χ1n) is 11.5. The molecule has 0 unspecified atom stereocenters. The fraction of sp³-hybridized carbons (Fsp3) is 0.654. The first-order valence-corrected chi connectivity index (χ1v) is 11.5. The number of rotatable bonds is 9. The molecule has 0 aliphatic carbocycles. The van der Waals surface area contributed by atoms with Crippen molar-refractivity contribution in [2.45, 2.75) is 78.5 Å². The predicted octanol–water partition coefficient (Wildman–Crippen LogP) is 5.29. The minimum atomic E-state index is -0.864. The average Bonchev–Trinajstić information content (AvgIpc) is 3.22. The van der Waals surface area contributed by atoms with Crippen LogP contribution >= 0.6 is 0 Å². The third-order valence-electron chi connectivity index (χ3n) is 6.45. The van der Waals surface area contributed by atoms with Crippen molar-refractivity contribution in [1.29, 1.82) is 0 Å². The molecule has 1 aromatic rings. The highest BCUT2D eigenvalue weighted by atomic mass is 16.8. The fourth-order valence-electron chi connectivity index (χ4n) is 4.64. The highest BCUT2D eigenvalue weighted by Gasteiger charge is 2.54. The van der Waals surface area contributed by atoms with Gasteiger partial charge in [0.25, 0.3) is 0 Å². The normalized spacial score (nSPS) is 27.1. The lowest BCUT2D eigenvalue weighted by atomic mass is 9.82. The Morgan fingerprint density at radius 2 is 1.81 bits per heavy atom. The molecule has 2 aliphatic rings. The zero-order chi connectivity index (χ0) is 22.6. The Bertz CT molecular complexity index is 759. The van der Waals surface area contributed by atoms with Crippen LogP contribution in [0.3, 0.4) is 0 Å². The van der Waals surface area contributed by atoms with E-state index in [9.17, 15) is 4.79 Å². The molecule has 0 bridgehead atoms. The fourth-order valence-corrected chi connectivity index (χ4v) is 4.64. The van der Waals surface area contributed by atoms with Gasteiger partial charge >= 0.3 is 5.97 Å². The molecular weight excluding hydrogens is 392 g/mol. The standard InChI is InChI=1S/C26H38O5/c1-18(2)22(19(3)4)13-12-21-14-26(31-24(21)27,23-16-29-25(5,6)30-23)17-28-15-20-10-8-7-9-11-20/h7-12,18-19,22-23H,13-17H2,1-6H3/b21-12+/t23-,26+/m0/s1. The monoisotopic (exact) mass is 430 g/mol. The van der Waals surface area contributed by atoms with Crippen molar-refractivity contribution in [2.24, 2.45) is 17.8 Å². The molecule has 5 heteroatoms. The van der Waals surface area contributed by atoms with Crippen LogP contribution in [-0.2, 0) is 30.3 Å². The van der Waals surface area contributed by atoms with Crippen LogP contribution in [-0.4, -0.2) is 36.7 Å². The molecule has 0 aromatic heterocycles. The molecule has 5 nitrogen and oxygen atoms in total. The topological polar surface area (TPSA) is 54.0 Å². The minimum Gasteiger partial charge on any atom is -0.450 e. The van der Waals surface area contributed by atoms with Crippen LogP contribution in [0.2, 0.25) is 0 Å². The van der Waals surface area contributed by atoms with E-state index in [-0.39, 0.29) is 18.7 Å². The van der Waals surface area contributed by atoms with Gasteiger partial charge in [-0.2, -0.15) is 0 Å². The van der Waals surface area contributed by atoms with Crippen molar-refractivity contribution in [3.63, 3.8) is 0 Å². The van der Waals surface area contributed by atoms with Crippen molar-refractivity contribution in [2.75, 3.05) is 13.2 Å². The molecule has 31 heavy (non-hydrogen) atoms. The number of esters is 1. The summed E-state index contributed by atoms with van der Waals surface area (Å²) in [6.07, 6.45) is 3.06. The van der Waals surface area contributed by atoms with Gasteiger partial charge < -0.3 is 18.9 Å². The second-order valence-corrected chi connectivity index (χ2v) is 10.0. The zero-order valence-electron chi connectivity index (χ0n) is 19.9. The molecular formula is C26H38O5. The van der Waals surface area contributed by atoms with E-state index in [0.717, 1.165) is 17.6 Å². The van der Waals surface area contributed by atoms with Crippen molar-refractivity contribution in [3.8, 4) is 0 Å². The van der Waals surface area contributed by atoms with Crippen LogP contribution in [0.4, 0.5) is 0 Å². The third kappa shape index (κ3) is 5.97. The van der Waals surface area contributed by atoms with Crippen LogP contribution in [0.1, 0.15) is 59.9 Å². The van der Waals surface area contributed by atoms with Crippen molar-refractivity contribution in [1.82, 2.24) is 0 Å². The number of allylic oxidation sites excluding steroid dienone is 1. The first kappa shape index (κ1) is 24.0. The third-order valence-corrected chi connectivity index (χ3v) is 6.45. The number of carbonyl (C=O) groups excluding carboxylic acids is 1. The lowest BCUT2D eigenvalue weighted by Crippen LogP contribution is -2.48. The molecule has 0 saturated carbocycles. The highest BCUT2D eigenvalue weighted by Crippen LogP contribution is 2.41. The lowest BCUT2D eigenvalue weighted by Gasteiger charge is -2.32. The van der Waals surface area contributed by atoms with E-state index in [0.29, 0.717) is 37.4 Å². The van der Waals surface area contributed by atoms with Crippen LogP contribution in [0.25, 0.3) is 0 Å². The zero-order valence-corrected chi connectivity index (χ0v) is 19.9. The maximum atomic E-state index is 12.9. The first-order chi connectivity index (χ1) is 14.6. The van der Waals surface area contributed by atoms with Crippen LogP contribution in [0, 0.1) is 17.8 Å². The summed E-state index contributed by atoms with van der Waals surface area (Å²) in [7, 11) is 0. The highest BCUT2D eigenvalue weighted by molar-refractivity contribution is 5.91. The van der Waals surface area contributed by atoms with E-state index < -0.39 is 11.4 Å². The van der Waals surface area contributed by atoms with Gasteiger partial charge in [0.2, 0.25) is 0 Å². The van der Waals surface area contributed by atoms with Gasteiger partial charge in [-0.05, 0) is 43.6 Å². The van der Waals surface area contributed by atoms with Gasteiger partial charge in [0.05, 0.1) is 19.8 Å². The van der Waals surface area contributed by atoms with Crippen molar-refractivity contribution >= 4 is 5.97 Å². The van der Waals surface area contributed by atoms with E-state index in [1.54, 1.807) is 0 Å². The molecule has 1 aromatic carbocycles. The largest absolute Gasteiger partial charge is 0.450 e. The number of carbonyl (C=O) groups is 1. The number of hydrogen-bond donors (Lipinski definition) is 0. The maximum absolute atomic E-state index is 12.9. The Balaban J connectivity index is 1.75. The summed E-state index contributed by atoms with van der Waals surface area (Å²) in [5.41, 5.74) is 0.942. The molecule has 2 saturated heterocycles. The SMILES string of the molecule is CC(C)C(C/C=C1\C[C@@](COCc2ccccc2)([C@@H]2COC(C)(C)O2)OC1=O)C(C)C. The van der Waals surface area contributed by atoms with Gasteiger partial charge in [-0.1, -0.05) is 64.1 Å². The van der Waals surface area contributed by atoms with Crippen molar-refractivity contribution < 1.29 is 23.7 Å². The summed E-state index contributed by atoms with van der Waals surface area (Å²) in [5, 5.41) is 0. The molecule has 0 amide bonds. The van der Waals surface area contributed by atoms with Crippen LogP contribution in [0.15, 0.2) is 42.0 Å². The lowest BCUT2D eigenvalue weighted by molar-refractivity contribution is -0.192. The summed E-state index contributed by atoms with van der Waals surface area (Å²) in [6.45, 7) is 13.8. The van der Waals surface area contributed by atoms with E-state index in [2.05, 4.69) is 33.8 Å². The molecule has 0 spiro atoms. The Labute approximate surface area is 187 Å². The Morgan fingerprint density at radius 3 is 2.39 bits per heavy atom.